The summed E-state index contributed by atoms with van der Waals surface area (Å²) in [5.74, 6) is 0.0232. The standard InChI is InChI=1S/C11H15NO3/c1-2-11(14)15-7-9-3-5-10(6-4-9)12-8-13/h2,9-10H,1,3-7H2. The smallest absolute Gasteiger partial charge is 0.330 e. The van der Waals surface area contributed by atoms with Crippen LogP contribution < -0.4 is 0 Å². The molecule has 4 nitrogen and oxygen atoms in total. The fourth-order valence-electron chi connectivity index (χ4n) is 1.77. The Kier molecular flexibility index (Phi) is 4.78. The van der Waals surface area contributed by atoms with Crippen LogP contribution >= 0.6 is 0 Å². The Morgan fingerprint density at radius 3 is 2.67 bits per heavy atom. The zero-order chi connectivity index (χ0) is 11.1. The molecule has 0 unspecified atom stereocenters. The van der Waals surface area contributed by atoms with Crippen molar-refractivity contribution in [2.45, 2.75) is 31.7 Å². The lowest BCUT2D eigenvalue weighted by atomic mass is 9.87. The highest BCUT2D eigenvalue weighted by molar-refractivity contribution is 5.81. The number of esters is 1. The molecule has 1 aliphatic rings. The molecular formula is C11H15NO3. The molecule has 0 saturated heterocycles. The maximum absolute atomic E-state index is 10.8. The summed E-state index contributed by atoms with van der Waals surface area (Å²) in [6, 6.07) is 0.119. The Morgan fingerprint density at radius 1 is 1.47 bits per heavy atom. The summed E-state index contributed by atoms with van der Waals surface area (Å²) in [6.07, 6.45) is 6.41. The van der Waals surface area contributed by atoms with E-state index < -0.39 is 0 Å². The highest BCUT2D eigenvalue weighted by atomic mass is 16.5. The van der Waals surface area contributed by atoms with Gasteiger partial charge in [0.1, 0.15) is 0 Å². The molecule has 82 valence electrons. The van der Waals surface area contributed by atoms with Gasteiger partial charge in [-0.3, -0.25) is 0 Å². The molecule has 0 bridgehead atoms. The summed E-state index contributed by atoms with van der Waals surface area (Å²) in [5.41, 5.74) is 0. The van der Waals surface area contributed by atoms with E-state index in [4.69, 9.17) is 4.74 Å². The predicted molar refractivity (Wildman–Crippen MR) is 55.0 cm³/mol. The quantitative estimate of drug-likeness (QED) is 0.306. The van der Waals surface area contributed by atoms with Crippen molar-refractivity contribution in [2.75, 3.05) is 6.61 Å². The molecule has 0 N–H and O–H groups in total. The van der Waals surface area contributed by atoms with Gasteiger partial charge in [0.25, 0.3) is 0 Å². The van der Waals surface area contributed by atoms with E-state index in [9.17, 15) is 9.59 Å². The van der Waals surface area contributed by atoms with Crippen molar-refractivity contribution in [1.82, 2.24) is 0 Å². The van der Waals surface area contributed by atoms with E-state index >= 15 is 0 Å². The molecule has 0 aromatic carbocycles. The monoisotopic (exact) mass is 209 g/mol. The van der Waals surface area contributed by atoms with Crippen LogP contribution in [0.1, 0.15) is 25.7 Å². The molecule has 1 fully saturated rings. The molecule has 0 aromatic rings. The van der Waals surface area contributed by atoms with Gasteiger partial charge < -0.3 is 4.74 Å². The number of rotatable bonds is 4. The number of aliphatic imine (C=N–C) groups is 1. The molecule has 0 aliphatic heterocycles. The second-order valence-corrected chi connectivity index (χ2v) is 3.73. The molecule has 0 spiro atoms. The van der Waals surface area contributed by atoms with Crippen LogP contribution in [0.5, 0.6) is 0 Å². The number of hydrogen-bond donors (Lipinski definition) is 0. The van der Waals surface area contributed by atoms with Crippen molar-refractivity contribution in [1.29, 1.82) is 0 Å². The third-order valence-electron chi connectivity index (χ3n) is 2.68. The fraction of sp³-hybridized carbons (Fsp3) is 0.636. The van der Waals surface area contributed by atoms with Crippen molar-refractivity contribution in [3.8, 4) is 0 Å². The number of carbonyl (C=O) groups excluding carboxylic acids is 2. The van der Waals surface area contributed by atoms with Crippen molar-refractivity contribution >= 4 is 12.0 Å². The number of hydrogen-bond acceptors (Lipinski definition) is 4. The normalized spacial score (nSPS) is 25.1. The van der Waals surface area contributed by atoms with E-state index in [1.807, 2.05) is 0 Å². The average molecular weight is 209 g/mol. The van der Waals surface area contributed by atoms with Gasteiger partial charge in [0, 0.05) is 6.08 Å². The molecule has 0 radical (unpaired) electrons. The largest absolute Gasteiger partial charge is 0.462 e. The van der Waals surface area contributed by atoms with Crippen molar-refractivity contribution in [2.24, 2.45) is 10.9 Å². The van der Waals surface area contributed by atoms with Gasteiger partial charge in [-0.15, -0.1) is 0 Å². The molecule has 1 rings (SSSR count). The third-order valence-corrected chi connectivity index (χ3v) is 2.68. The van der Waals surface area contributed by atoms with Crippen molar-refractivity contribution in [3.63, 3.8) is 0 Å². The van der Waals surface area contributed by atoms with Crippen LogP contribution in [-0.4, -0.2) is 24.7 Å². The number of carbonyl (C=O) groups is 1. The third kappa shape index (κ3) is 4.09. The predicted octanol–water partition coefficient (Wildman–Crippen LogP) is 1.61. The topological polar surface area (TPSA) is 55.7 Å². The van der Waals surface area contributed by atoms with Gasteiger partial charge in [-0.25, -0.2) is 14.6 Å². The van der Waals surface area contributed by atoms with Crippen LogP contribution in [-0.2, 0) is 14.3 Å². The van der Waals surface area contributed by atoms with E-state index in [0.29, 0.717) is 12.5 Å². The maximum atomic E-state index is 10.8. The molecular weight excluding hydrogens is 194 g/mol. The zero-order valence-corrected chi connectivity index (χ0v) is 8.65. The Morgan fingerprint density at radius 2 is 2.13 bits per heavy atom. The highest BCUT2D eigenvalue weighted by Gasteiger charge is 2.21. The van der Waals surface area contributed by atoms with Gasteiger partial charge in [-0.1, -0.05) is 6.58 Å². The van der Waals surface area contributed by atoms with E-state index in [0.717, 1.165) is 25.7 Å². The molecule has 0 aromatic heterocycles. The van der Waals surface area contributed by atoms with Gasteiger partial charge >= 0.3 is 5.97 Å². The Hall–Kier alpha value is -1.41. The van der Waals surface area contributed by atoms with E-state index in [1.54, 1.807) is 6.08 Å². The van der Waals surface area contributed by atoms with Gasteiger partial charge in [0.05, 0.1) is 12.6 Å². The SMILES string of the molecule is C=CC(=O)OCC1CCC(N=C=O)CC1. The zero-order valence-electron chi connectivity index (χ0n) is 8.65. The summed E-state index contributed by atoms with van der Waals surface area (Å²) in [5, 5.41) is 0. The van der Waals surface area contributed by atoms with Crippen LogP contribution in [0.4, 0.5) is 0 Å². The van der Waals surface area contributed by atoms with E-state index in [2.05, 4.69) is 11.6 Å². The first-order chi connectivity index (χ1) is 7.26. The van der Waals surface area contributed by atoms with Crippen LogP contribution in [0, 0.1) is 5.92 Å². The van der Waals surface area contributed by atoms with E-state index in [-0.39, 0.29) is 12.0 Å². The Balaban J connectivity index is 2.22. The minimum atomic E-state index is -0.372. The van der Waals surface area contributed by atoms with Crippen LogP contribution in [0.25, 0.3) is 0 Å². The Labute approximate surface area is 89.0 Å². The van der Waals surface area contributed by atoms with Gasteiger partial charge in [-0.2, -0.15) is 0 Å². The van der Waals surface area contributed by atoms with Crippen molar-refractivity contribution in [3.05, 3.63) is 12.7 Å². The lowest BCUT2D eigenvalue weighted by molar-refractivity contribution is -0.139. The van der Waals surface area contributed by atoms with E-state index in [1.165, 1.54) is 6.08 Å². The molecule has 0 heterocycles. The molecule has 1 saturated carbocycles. The van der Waals surface area contributed by atoms with Crippen LogP contribution in [0.2, 0.25) is 0 Å². The average Bonchev–Trinajstić information content (AvgIpc) is 2.28. The second-order valence-electron chi connectivity index (χ2n) is 3.73. The first kappa shape index (κ1) is 11.7. The summed E-state index contributed by atoms with van der Waals surface area (Å²) < 4.78 is 4.96. The first-order valence-electron chi connectivity index (χ1n) is 5.12. The maximum Gasteiger partial charge on any atom is 0.330 e. The molecule has 15 heavy (non-hydrogen) atoms. The highest BCUT2D eigenvalue weighted by Crippen LogP contribution is 2.26. The van der Waals surface area contributed by atoms with Gasteiger partial charge in [0.15, 0.2) is 0 Å². The summed E-state index contributed by atoms with van der Waals surface area (Å²) in [6.45, 7) is 3.78. The first-order valence-corrected chi connectivity index (χ1v) is 5.12. The summed E-state index contributed by atoms with van der Waals surface area (Å²) >= 11 is 0. The lowest BCUT2D eigenvalue weighted by Crippen LogP contribution is -2.21. The molecule has 1 aliphatic carbocycles. The molecule has 4 heteroatoms. The van der Waals surface area contributed by atoms with Crippen molar-refractivity contribution < 1.29 is 14.3 Å². The lowest BCUT2D eigenvalue weighted by Gasteiger charge is -2.24. The molecule has 0 atom stereocenters. The van der Waals surface area contributed by atoms with Gasteiger partial charge in [-0.05, 0) is 31.6 Å². The van der Waals surface area contributed by atoms with Crippen LogP contribution in [0.3, 0.4) is 0 Å². The second kappa shape index (κ2) is 6.14. The fourth-order valence-corrected chi connectivity index (χ4v) is 1.77. The number of nitrogens with zero attached hydrogens (tertiary/aromatic N) is 1. The van der Waals surface area contributed by atoms with Crippen LogP contribution in [0.15, 0.2) is 17.6 Å². The molecule has 0 amide bonds. The number of ether oxygens (including phenoxy) is 1. The minimum absolute atomic E-state index is 0.119. The van der Waals surface area contributed by atoms with Gasteiger partial charge in [0.2, 0.25) is 6.08 Å². The minimum Gasteiger partial charge on any atom is -0.462 e. The number of isocyanates is 1. The Bertz CT molecular complexity index is 274. The summed E-state index contributed by atoms with van der Waals surface area (Å²) in [7, 11) is 0. The summed E-state index contributed by atoms with van der Waals surface area (Å²) in [4.78, 5) is 24.5.